The fourth-order valence-electron chi connectivity index (χ4n) is 3.21. The highest BCUT2D eigenvalue weighted by molar-refractivity contribution is 5.97. The number of amides is 2. The van der Waals surface area contributed by atoms with Gasteiger partial charge in [0.25, 0.3) is 5.91 Å². The summed E-state index contributed by atoms with van der Waals surface area (Å²) in [5.74, 6) is 0.432. The van der Waals surface area contributed by atoms with Crippen LogP contribution in [0.2, 0.25) is 0 Å². The first-order valence-electron chi connectivity index (χ1n) is 9.11. The van der Waals surface area contributed by atoms with E-state index in [1.807, 2.05) is 18.2 Å². The van der Waals surface area contributed by atoms with E-state index in [2.05, 4.69) is 20.6 Å². The number of fused-ring (bicyclic) bond motifs is 1. The number of nitrogens with one attached hydrogen (secondary N) is 2. The monoisotopic (exact) mass is 366 g/mol. The lowest BCUT2D eigenvalue weighted by molar-refractivity contribution is -0.118. The molecule has 2 aliphatic rings. The van der Waals surface area contributed by atoms with E-state index in [-0.39, 0.29) is 11.5 Å². The topological polar surface area (TPSA) is 113 Å². The summed E-state index contributed by atoms with van der Waals surface area (Å²) in [6.45, 7) is 0. The van der Waals surface area contributed by atoms with E-state index in [0.717, 1.165) is 42.6 Å². The molecule has 1 saturated carbocycles. The lowest BCUT2D eigenvalue weighted by Gasteiger charge is -2.18. The second kappa shape index (κ2) is 6.86. The number of anilines is 4. The van der Waals surface area contributed by atoms with E-state index in [9.17, 15) is 9.59 Å². The van der Waals surface area contributed by atoms with Gasteiger partial charge in [0.2, 0.25) is 11.9 Å². The fraction of sp³-hybridized carbons (Fsp3) is 0.368. The van der Waals surface area contributed by atoms with Crippen LogP contribution in [0.5, 0.6) is 0 Å². The van der Waals surface area contributed by atoms with Crippen molar-refractivity contribution in [1.82, 2.24) is 9.97 Å². The quantitative estimate of drug-likeness (QED) is 0.747. The Morgan fingerprint density at radius 1 is 1.30 bits per heavy atom. The Kier molecular flexibility index (Phi) is 4.39. The van der Waals surface area contributed by atoms with Gasteiger partial charge in [-0.05, 0) is 49.4 Å². The van der Waals surface area contributed by atoms with Gasteiger partial charge in [0.05, 0.1) is 5.56 Å². The van der Waals surface area contributed by atoms with Crippen molar-refractivity contribution in [2.24, 2.45) is 5.73 Å². The normalized spacial score (nSPS) is 16.5. The Balaban J connectivity index is 1.59. The van der Waals surface area contributed by atoms with E-state index in [0.29, 0.717) is 24.2 Å². The summed E-state index contributed by atoms with van der Waals surface area (Å²) in [4.78, 5) is 34.0. The van der Waals surface area contributed by atoms with Crippen LogP contribution in [0.3, 0.4) is 0 Å². The molecule has 1 aromatic heterocycles. The van der Waals surface area contributed by atoms with Crippen LogP contribution in [0.15, 0.2) is 24.4 Å². The second-order valence-electron chi connectivity index (χ2n) is 7.01. The molecule has 1 fully saturated rings. The molecule has 0 bridgehead atoms. The predicted octanol–water partition coefficient (Wildman–Crippen LogP) is 2.19. The van der Waals surface area contributed by atoms with E-state index in [4.69, 9.17) is 5.73 Å². The molecule has 140 valence electrons. The number of hydrogen-bond acceptors (Lipinski definition) is 6. The molecule has 0 unspecified atom stereocenters. The third-order valence-electron chi connectivity index (χ3n) is 4.88. The number of rotatable bonds is 5. The standard InChI is InChI=1S/C19H22N6O2/c1-25-15-8-7-13(9-11(15)3-2-4-16(25)26)23-19-21-10-14(17(20)27)18(24-19)22-12-5-6-12/h7-10,12H,2-6H2,1H3,(H2,20,27)(H2,21,22,23,24). The molecule has 4 N–H and O–H groups in total. The van der Waals surface area contributed by atoms with Crippen molar-refractivity contribution in [2.75, 3.05) is 22.6 Å². The molecule has 1 aliphatic heterocycles. The molecule has 4 rings (SSSR count). The summed E-state index contributed by atoms with van der Waals surface area (Å²) in [5, 5.41) is 6.41. The molecular formula is C19H22N6O2. The molecule has 2 aromatic rings. The van der Waals surface area contributed by atoms with E-state index < -0.39 is 5.91 Å². The molecule has 27 heavy (non-hydrogen) atoms. The minimum atomic E-state index is -0.553. The summed E-state index contributed by atoms with van der Waals surface area (Å²) in [7, 11) is 1.81. The van der Waals surface area contributed by atoms with Gasteiger partial charge in [0.15, 0.2) is 0 Å². The van der Waals surface area contributed by atoms with Gasteiger partial charge < -0.3 is 21.3 Å². The number of carbonyl (C=O) groups is 2. The molecule has 2 heterocycles. The lowest BCUT2D eigenvalue weighted by atomic mass is 10.1. The Bertz CT molecular complexity index is 909. The molecule has 1 aromatic carbocycles. The number of nitrogens with two attached hydrogens (primary N) is 1. The predicted molar refractivity (Wildman–Crippen MR) is 103 cm³/mol. The van der Waals surface area contributed by atoms with Crippen molar-refractivity contribution in [1.29, 1.82) is 0 Å². The molecule has 8 nitrogen and oxygen atoms in total. The Morgan fingerprint density at radius 3 is 2.85 bits per heavy atom. The largest absolute Gasteiger partial charge is 0.367 e. The molecule has 0 spiro atoms. The number of aryl methyl sites for hydroxylation is 1. The minimum Gasteiger partial charge on any atom is -0.367 e. The van der Waals surface area contributed by atoms with Crippen LogP contribution in [-0.2, 0) is 11.2 Å². The van der Waals surface area contributed by atoms with Crippen molar-refractivity contribution >= 4 is 35.0 Å². The second-order valence-corrected chi connectivity index (χ2v) is 7.01. The van der Waals surface area contributed by atoms with Crippen molar-refractivity contribution in [3.63, 3.8) is 0 Å². The molecule has 0 saturated heterocycles. The van der Waals surface area contributed by atoms with Crippen LogP contribution in [0.25, 0.3) is 0 Å². The average molecular weight is 366 g/mol. The third-order valence-corrected chi connectivity index (χ3v) is 4.88. The highest BCUT2D eigenvalue weighted by atomic mass is 16.2. The number of hydrogen-bond donors (Lipinski definition) is 3. The SMILES string of the molecule is CN1C(=O)CCCc2cc(Nc3ncc(C(N)=O)c(NC4CC4)n3)ccc21. The van der Waals surface area contributed by atoms with E-state index in [1.54, 1.807) is 11.9 Å². The number of carbonyl (C=O) groups excluding carboxylic acids is 2. The molecule has 1 aliphatic carbocycles. The zero-order valence-electron chi connectivity index (χ0n) is 15.2. The highest BCUT2D eigenvalue weighted by Crippen LogP contribution is 2.30. The van der Waals surface area contributed by atoms with Crippen molar-refractivity contribution in [2.45, 2.75) is 38.1 Å². The van der Waals surface area contributed by atoms with Crippen LogP contribution in [0, 0.1) is 0 Å². The first-order valence-corrected chi connectivity index (χ1v) is 9.11. The Morgan fingerprint density at radius 2 is 2.11 bits per heavy atom. The first-order chi connectivity index (χ1) is 13.0. The molecular weight excluding hydrogens is 344 g/mol. The summed E-state index contributed by atoms with van der Waals surface area (Å²) >= 11 is 0. The maximum absolute atomic E-state index is 12.0. The Labute approximate surface area is 157 Å². The van der Waals surface area contributed by atoms with Gasteiger partial charge in [0.1, 0.15) is 5.82 Å². The molecule has 0 atom stereocenters. The van der Waals surface area contributed by atoms with Gasteiger partial charge in [0, 0.05) is 37.1 Å². The fourth-order valence-corrected chi connectivity index (χ4v) is 3.21. The van der Waals surface area contributed by atoms with Crippen LogP contribution < -0.4 is 21.3 Å². The zero-order valence-corrected chi connectivity index (χ0v) is 15.2. The van der Waals surface area contributed by atoms with Crippen LogP contribution >= 0.6 is 0 Å². The number of aromatic nitrogens is 2. The van der Waals surface area contributed by atoms with E-state index >= 15 is 0 Å². The summed E-state index contributed by atoms with van der Waals surface area (Å²) in [5.41, 5.74) is 8.58. The summed E-state index contributed by atoms with van der Waals surface area (Å²) < 4.78 is 0. The first kappa shape index (κ1) is 17.3. The Hall–Kier alpha value is -3.16. The number of benzene rings is 1. The van der Waals surface area contributed by atoms with E-state index in [1.165, 1.54) is 6.20 Å². The maximum atomic E-state index is 12.0. The number of nitrogens with zero attached hydrogens (tertiary/aromatic N) is 3. The third kappa shape index (κ3) is 3.69. The van der Waals surface area contributed by atoms with Crippen LogP contribution in [0.4, 0.5) is 23.1 Å². The van der Waals surface area contributed by atoms with Gasteiger partial charge in [-0.1, -0.05) is 0 Å². The average Bonchev–Trinajstić information content (AvgIpc) is 3.46. The highest BCUT2D eigenvalue weighted by Gasteiger charge is 2.24. The number of primary amides is 1. The smallest absolute Gasteiger partial charge is 0.254 e. The van der Waals surface area contributed by atoms with Gasteiger partial charge in [-0.15, -0.1) is 0 Å². The maximum Gasteiger partial charge on any atom is 0.254 e. The van der Waals surface area contributed by atoms with Gasteiger partial charge in [-0.3, -0.25) is 9.59 Å². The van der Waals surface area contributed by atoms with Gasteiger partial charge in [-0.25, -0.2) is 4.98 Å². The van der Waals surface area contributed by atoms with Crippen molar-refractivity contribution in [3.8, 4) is 0 Å². The van der Waals surface area contributed by atoms with Crippen molar-refractivity contribution < 1.29 is 9.59 Å². The van der Waals surface area contributed by atoms with Gasteiger partial charge in [-0.2, -0.15) is 4.98 Å². The van der Waals surface area contributed by atoms with Crippen LogP contribution in [-0.4, -0.2) is 34.9 Å². The molecule has 0 radical (unpaired) electrons. The minimum absolute atomic E-state index is 0.135. The summed E-state index contributed by atoms with van der Waals surface area (Å²) in [6, 6.07) is 6.19. The van der Waals surface area contributed by atoms with Gasteiger partial charge >= 0.3 is 0 Å². The molecule has 2 amide bonds. The zero-order chi connectivity index (χ0) is 19.0. The van der Waals surface area contributed by atoms with Crippen LogP contribution in [0.1, 0.15) is 41.6 Å². The lowest BCUT2D eigenvalue weighted by Crippen LogP contribution is -2.24. The summed E-state index contributed by atoms with van der Waals surface area (Å²) in [6.07, 6.45) is 5.79. The molecule has 8 heteroatoms. The van der Waals surface area contributed by atoms with Crippen molar-refractivity contribution in [3.05, 3.63) is 35.5 Å².